The molecule has 0 saturated carbocycles. The number of halogens is 1. The van der Waals surface area contributed by atoms with Crippen LogP contribution in [-0.2, 0) is 16.1 Å². The molecular weight excluding hydrogens is 426 g/mol. The number of amides is 1. The normalized spacial score (nSPS) is 15.3. The quantitative estimate of drug-likeness (QED) is 0.612. The molecular formula is C20H28ClN5O3S. The molecule has 10 heteroatoms. The Bertz CT molecular complexity index is 870. The van der Waals surface area contributed by atoms with Gasteiger partial charge in [0.15, 0.2) is 5.16 Å². The van der Waals surface area contributed by atoms with Crippen molar-refractivity contribution in [1.82, 2.24) is 14.8 Å². The number of carbonyl (C=O) groups excluding carboxylic acids is 1. The Morgan fingerprint density at radius 3 is 2.67 bits per heavy atom. The SMILES string of the molecule is COc1ccc(NC(=O)C(C)Sc2nnc(N3CCOCC3)n2CC(C)C)cc1Cl. The predicted octanol–water partition coefficient (Wildman–Crippen LogP) is 3.55. The van der Waals surface area contributed by atoms with Crippen LogP contribution >= 0.6 is 23.4 Å². The van der Waals surface area contributed by atoms with Gasteiger partial charge in [-0.05, 0) is 31.0 Å². The number of thioether (sulfide) groups is 1. The number of carbonyl (C=O) groups is 1. The standard InChI is InChI=1S/C20H28ClN5O3S/c1-13(2)12-26-19(25-7-9-29-10-8-25)23-24-20(26)30-14(3)18(27)22-15-5-6-17(28-4)16(21)11-15/h5-6,11,13-14H,7-10,12H2,1-4H3,(H,22,27). The Morgan fingerprint density at radius 1 is 1.30 bits per heavy atom. The first kappa shape index (κ1) is 22.7. The molecule has 2 aromatic rings. The fourth-order valence-electron chi connectivity index (χ4n) is 3.09. The van der Waals surface area contributed by atoms with Gasteiger partial charge in [-0.2, -0.15) is 0 Å². The molecule has 1 amide bonds. The summed E-state index contributed by atoms with van der Waals surface area (Å²) in [4.78, 5) is 14.9. The summed E-state index contributed by atoms with van der Waals surface area (Å²) in [5, 5.41) is 12.5. The zero-order chi connectivity index (χ0) is 21.7. The fourth-order valence-corrected chi connectivity index (χ4v) is 4.20. The average Bonchev–Trinajstić information content (AvgIpc) is 3.10. The van der Waals surface area contributed by atoms with Gasteiger partial charge in [0.1, 0.15) is 5.75 Å². The van der Waals surface area contributed by atoms with Gasteiger partial charge in [-0.1, -0.05) is 37.2 Å². The Hall–Kier alpha value is -1.97. The maximum absolute atomic E-state index is 12.7. The van der Waals surface area contributed by atoms with Crippen molar-refractivity contribution in [2.75, 3.05) is 43.6 Å². The van der Waals surface area contributed by atoms with E-state index in [-0.39, 0.29) is 11.2 Å². The summed E-state index contributed by atoms with van der Waals surface area (Å²) in [6.45, 7) is 9.88. The molecule has 1 unspecified atom stereocenters. The number of nitrogens with zero attached hydrogens (tertiary/aromatic N) is 4. The minimum Gasteiger partial charge on any atom is -0.495 e. The summed E-state index contributed by atoms with van der Waals surface area (Å²) >= 11 is 7.55. The molecule has 2 heterocycles. The molecule has 1 atom stereocenters. The van der Waals surface area contributed by atoms with Crippen molar-refractivity contribution in [1.29, 1.82) is 0 Å². The first-order chi connectivity index (χ1) is 14.4. The summed E-state index contributed by atoms with van der Waals surface area (Å²) in [6.07, 6.45) is 0. The van der Waals surface area contributed by atoms with Crippen LogP contribution in [0.4, 0.5) is 11.6 Å². The summed E-state index contributed by atoms with van der Waals surface area (Å²) in [5.41, 5.74) is 0.621. The summed E-state index contributed by atoms with van der Waals surface area (Å²) in [6, 6.07) is 5.16. The van der Waals surface area contributed by atoms with Crippen LogP contribution < -0.4 is 15.0 Å². The number of anilines is 2. The van der Waals surface area contributed by atoms with E-state index in [1.165, 1.54) is 11.8 Å². The van der Waals surface area contributed by atoms with Crippen molar-refractivity contribution in [3.63, 3.8) is 0 Å². The molecule has 0 spiro atoms. The molecule has 1 aromatic heterocycles. The molecule has 0 radical (unpaired) electrons. The molecule has 1 saturated heterocycles. The lowest BCUT2D eigenvalue weighted by atomic mass is 10.2. The second kappa shape index (κ2) is 10.4. The Labute approximate surface area is 186 Å². The Kier molecular flexibility index (Phi) is 7.85. The van der Waals surface area contributed by atoms with Crippen LogP contribution in [0.2, 0.25) is 5.02 Å². The van der Waals surface area contributed by atoms with Crippen LogP contribution in [0.1, 0.15) is 20.8 Å². The number of rotatable bonds is 8. The van der Waals surface area contributed by atoms with Gasteiger partial charge < -0.3 is 19.7 Å². The molecule has 1 aromatic carbocycles. The fraction of sp³-hybridized carbons (Fsp3) is 0.550. The largest absolute Gasteiger partial charge is 0.495 e. The zero-order valence-corrected chi connectivity index (χ0v) is 19.3. The van der Waals surface area contributed by atoms with Gasteiger partial charge in [0.2, 0.25) is 11.9 Å². The van der Waals surface area contributed by atoms with Crippen LogP contribution in [0.15, 0.2) is 23.4 Å². The monoisotopic (exact) mass is 453 g/mol. The van der Waals surface area contributed by atoms with E-state index in [4.69, 9.17) is 21.1 Å². The van der Waals surface area contributed by atoms with Crippen molar-refractivity contribution >= 4 is 40.9 Å². The predicted molar refractivity (Wildman–Crippen MR) is 120 cm³/mol. The van der Waals surface area contributed by atoms with Gasteiger partial charge in [0, 0.05) is 25.3 Å². The molecule has 164 valence electrons. The molecule has 30 heavy (non-hydrogen) atoms. The van der Waals surface area contributed by atoms with E-state index in [0.29, 0.717) is 35.6 Å². The van der Waals surface area contributed by atoms with E-state index < -0.39 is 0 Å². The number of methoxy groups -OCH3 is 1. The molecule has 0 aliphatic carbocycles. The highest BCUT2D eigenvalue weighted by atomic mass is 35.5. The highest BCUT2D eigenvalue weighted by Gasteiger charge is 2.24. The van der Waals surface area contributed by atoms with Gasteiger partial charge in [-0.3, -0.25) is 9.36 Å². The van der Waals surface area contributed by atoms with E-state index in [1.807, 2.05) is 6.92 Å². The van der Waals surface area contributed by atoms with E-state index in [0.717, 1.165) is 30.7 Å². The lowest BCUT2D eigenvalue weighted by Gasteiger charge is -2.28. The second-order valence-corrected chi connectivity index (χ2v) is 9.20. The summed E-state index contributed by atoms with van der Waals surface area (Å²) in [7, 11) is 1.55. The van der Waals surface area contributed by atoms with E-state index in [1.54, 1.807) is 25.3 Å². The molecule has 8 nitrogen and oxygen atoms in total. The van der Waals surface area contributed by atoms with Crippen LogP contribution in [0.3, 0.4) is 0 Å². The van der Waals surface area contributed by atoms with Crippen LogP contribution in [-0.4, -0.2) is 59.3 Å². The number of ether oxygens (including phenoxy) is 2. The lowest BCUT2D eigenvalue weighted by Crippen LogP contribution is -2.38. The Morgan fingerprint density at radius 2 is 2.03 bits per heavy atom. The third kappa shape index (κ3) is 5.59. The van der Waals surface area contributed by atoms with E-state index in [2.05, 4.69) is 38.8 Å². The topological polar surface area (TPSA) is 81.5 Å². The number of morpholine rings is 1. The number of nitrogens with one attached hydrogen (secondary N) is 1. The van der Waals surface area contributed by atoms with E-state index >= 15 is 0 Å². The van der Waals surface area contributed by atoms with Crippen LogP contribution in [0, 0.1) is 5.92 Å². The third-order valence-corrected chi connectivity index (χ3v) is 5.99. The molecule has 3 rings (SSSR count). The highest BCUT2D eigenvalue weighted by molar-refractivity contribution is 8.00. The maximum Gasteiger partial charge on any atom is 0.237 e. The minimum atomic E-state index is -0.362. The van der Waals surface area contributed by atoms with Crippen molar-refractivity contribution in [2.24, 2.45) is 5.92 Å². The van der Waals surface area contributed by atoms with Gasteiger partial charge in [0.25, 0.3) is 0 Å². The first-order valence-corrected chi connectivity index (χ1v) is 11.2. The second-order valence-electron chi connectivity index (χ2n) is 7.49. The van der Waals surface area contributed by atoms with Crippen molar-refractivity contribution < 1.29 is 14.3 Å². The van der Waals surface area contributed by atoms with Gasteiger partial charge in [-0.25, -0.2) is 0 Å². The molecule has 1 aliphatic heterocycles. The first-order valence-electron chi connectivity index (χ1n) is 9.96. The summed E-state index contributed by atoms with van der Waals surface area (Å²) in [5.74, 6) is 1.69. The minimum absolute atomic E-state index is 0.131. The van der Waals surface area contributed by atoms with Gasteiger partial charge in [-0.15, -0.1) is 10.2 Å². The molecule has 1 N–H and O–H groups in total. The van der Waals surface area contributed by atoms with Crippen molar-refractivity contribution in [2.45, 2.75) is 37.7 Å². The number of hydrogen-bond donors (Lipinski definition) is 1. The van der Waals surface area contributed by atoms with Crippen molar-refractivity contribution in [3.8, 4) is 5.75 Å². The molecule has 1 fully saturated rings. The highest BCUT2D eigenvalue weighted by Crippen LogP contribution is 2.30. The summed E-state index contributed by atoms with van der Waals surface area (Å²) < 4.78 is 12.7. The number of aromatic nitrogens is 3. The molecule has 0 bridgehead atoms. The van der Waals surface area contributed by atoms with Gasteiger partial charge in [0.05, 0.1) is 30.6 Å². The third-order valence-electron chi connectivity index (χ3n) is 4.61. The number of hydrogen-bond acceptors (Lipinski definition) is 7. The Balaban J connectivity index is 1.71. The van der Waals surface area contributed by atoms with Gasteiger partial charge >= 0.3 is 0 Å². The molecule has 1 aliphatic rings. The lowest BCUT2D eigenvalue weighted by molar-refractivity contribution is -0.115. The zero-order valence-electron chi connectivity index (χ0n) is 17.7. The van der Waals surface area contributed by atoms with Crippen LogP contribution in [0.25, 0.3) is 0 Å². The smallest absolute Gasteiger partial charge is 0.237 e. The average molecular weight is 454 g/mol. The maximum atomic E-state index is 12.7. The van der Waals surface area contributed by atoms with E-state index in [9.17, 15) is 4.79 Å². The number of benzene rings is 1. The van der Waals surface area contributed by atoms with Crippen LogP contribution in [0.5, 0.6) is 5.75 Å². The van der Waals surface area contributed by atoms with Crippen molar-refractivity contribution in [3.05, 3.63) is 23.2 Å².